The van der Waals surface area contributed by atoms with Crippen LogP contribution in [0.25, 0.3) is 0 Å². The van der Waals surface area contributed by atoms with Crippen LogP contribution in [0.1, 0.15) is 63.6 Å². The van der Waals surface area contributed by atoms with E-state index in [2.05, 4.69) is 72.9 Å². The Balaban J connectivity index is 1.72. The SMILES string of the molecule is CC(C)c1ccc([C@](O)(c2cncc(N3CC[C@H](C(C)(C)O)C3)c2)C2(C)CN(C)C2)cc1. The molecule has 2 saturated heterocycles. The third-order valence-corrected chi connectivity index (χ3v) is 7.80. The molecule has 0 aliphatic carbocycles. The van der Waals surface area contributed by atoms with Crippen LogP contribution < -0.4 is 4.90 Å². The highest BCUT2D eigenvalue weighted by atomic mass is 16.3. The second-order valence-corrected chi connectivity index (χ2v) is 11.2. The molecule has 4 rings (SSSR count). The van der Waals surface area contributed by atoms with Crippen molar-refractivity contribution in [3.63, 3.8) is 0 Å². The number of likely N-dealkylation sites (tertiary alicyclic amines) is 1. The van der Waals surface area contributed by atoms with E-state index < -0.39 is 11.2 Å². The fourth-order valence-corrected chi connectivity index (χ4v) is 5.72. The second-order valence-electron chi connectivity index (χ2n) is 11.2. The molecule has 0 spiro atoms. The van der Waals surface area contributed by atoms with Crippen molar-refractivity contribution in [2.45, 2.75) is 58.2 Å². The van der Waals surface area contributed by atoms with Crippen LogP contribution in [0, 0.1) is 11.3 Å². The summed E-state index contributed by atoms with van der Waals surface area (Å²) in [6.07, 6.45) is 4.66. The van der Waals surface area contributed by atoms with E-state index in [1.54, 1.807) is 0 Å². The molecule has 5 heteroatoms. The lowest BCUT2D eigenvalue weighted by Crippen LogP contribution is -2.63. The molecule has 0 saturated carbocycles. The summed E-state index contributed by atoms with van der Waals surface area (Å²) in [5.41, 5.74) is 1.93. The first-order valence-electron chi connectivity index (χ1n) is 11.9. The zero-order valence-electron chi connectivity index (χ0n) is 20.5. The average molecular weight is 438 g/mol. The lowest BCUT2D eigenvalue weighted by atomic mass is 9.62. The molecule has 174 valence electrons. The lowest BCUT2D eigenvalue weighted by molar-refractivity contribution is -0.127. The highest BCUT2D eigenvalue weighted by Crippen LogP contribution is 2.50. The first-order valence-corrected chi connectivity index (χ1v) is 11.9. The van der Waals surface area contributed by atoms with E-state index in [1.165, 1.54) is 5.56 Å². The van der Waals surface area contributed by atoms with Gasteiger partial charge in [-0.2, -0.15) is 0 Å². The van der Waals surface area contributed by atoms with Gasteiger partial charge in [-0.05, 0) is 50.4 Å². The van der Waals surface area contributed by atoms with E-state index in [0.717, 1.165) is 49.4 Å². The summed E-state index contributed by atoms with van der Waals surface area (Å²) < 4.78 is 0. The molecule has 32 heavy (non-hydrogen) atoms. The molecule has 0 amide bonds. The van der Waals surface area contributed by atoms with Gasteiger partial charge in [0.2, 0.25) is 0 Å². The van der Waals surface area contributed by atoms with Crippen molar-refractivity contribution in [2.75, 3.05) is 38.1 Å². The van der Waals surface area contributed by atoms with Crippen molar-refractivity contribution in [3.8, 4) is 0 Å². The minimum absolute atomic E-state index is 0.228. The number of nitrogens with zero attached hydrogens (tertiary/aromatic N) is 3. The number of anilines is 1. The molecule has 2 aliphatic rings. The van der Waals surface area contributed by atoms with Gasteiger partial charge in [0.15, 0.2) is 0 Å². The van der Waals surface area contributed by atoms with Gasteiger partial charge in [-0.1, -0.05) is 45.0 Å². The smallest absolute Gasteiger partial charge is 0.124 e. The number of hydrogen-bond donors (Lipinski definition) is 2. The van der Waals surface area contributed by atoms with Gasteiger partial charge in [0.25, 0.3) is 0 Å². The van der Waals surface area contributed by atoms with E-state index in [1.807, 2.05) is 26.2 Å². The van der Waals surface area contributed by atoms with Crippen molar-refractivity contribution in [2.24, 2.45) is 11.3 Å². The van der Waals surface area contributed by atoms with E-state index in [4.69, 9.17) is 0 Å². The van der Waals surface area contributed by atoms with Crippen molar-refractivity contribution in [3.05, 3.63) is 59.4 Å². The molecule has 1 aromatic carbocycles. The second kappa shape index (κ2) is 8.12. The fourth-order valence-electron chi connectivity index (χ4n) is 5.72. The van der Waals surface area contributed by atoms with E-state index in [9.17, 15) is 10.2 Å². The van der Waals surface area contributed by atoms with E-state index in [-0.39, 0.29) is 11.3 Å². The maximum Gasteiger partial charge on any atom is 0.124 e. The first-order chi connectivity index (χ1) is 14.9. The van der Waals surface area contributed by atoms with Crippen molar-refractivity contribution < 1.29 is 10.2 Å². The molecule has 1 aromatic heterocycles. The average Bonchev–Trinajstić information content (AvgIpc) is 3.23. The summed E-state index contributed by atoms with van der Waals surface area (Å²) in [6, 6.07) is 10.6. The van der Waals surface area contributed by atoms with Crippen LogP contribution >= 0.6 is 0 Å². The molecule has 2 fully saturated rings. The number of aliphatic hydroxyl groups is 2. The largest absolute Gasteiger partial charge is 0.390 e. The Kier molecular flexibility index (Phi) is 5.89. The highest BCUT2D eigenvalue weighted by Gasteiger charge is 2.55. The lowest BCUT2D eigenvalue weighted by Gasteiger charge is -2.56. The molecular weight excluding hydrogens is 398 g/mol. The third kappa shape index (κ3) is 3.95. The summed E-state index contributed by atoms with van der Waals surface area (Å²) in [4.78, 5) is 9.10. The molecule has 3 heterocycles. The molecule has 0 unspecified atom stereocenters. The number of benzene rings is 1. The topological polar surface area (TPSA) is 59.8 Å². The fraction of sp³-hybridized carbons (Fsp3) is 0.593. The molecule has 0 radical (unpaired) electrons. The molecule has 2 aromatic rings. The predicted molar refractivity (Wildman–Crippen MR) is 130 cm³/mol. The van der Waals surface area contributed by atoms with Gasteiger partial charge in [0.1, 0.15) is 5.60 Å². The Morgan fingerprint density at radius 2 is 1.72 bits per heavy atom. The van der Waals surface area contributed by atoms with E-state index in [0.29, 0.717) is 5.92 Å². The van der Waals surface area contributed by atoms with E-state index >= 15 is 0 Å². The maximum atomic E-state index is 12.4. The van der Waals surface area contributed by atoms with Crippen LogP contribution in [0.3, 0.4) is 0 Å². The Morgan fingerprint density at radius 1 is 1.06 bits per heavy atom. The number of rotatable bonds is 6. The Bertz CT molecular complexity index is 944. The standard InChI is InChI=1S/C27H39N3O2/c1-19(2)20-7-9-21(10-8-20)27(32,26(5)17-29(6)18-26)23-13-24(15-28-14-23)30-12-11-22(16-30)25(3,4)31/h7-10,13-15,19,22,31-32H,11-12,16-18H2,1-6H3/t22-,27-/m0/s1. The van der Waals surface area contributed by atoms with Crippen LogP contribution in [0.5, 0.6) is 0 Å². The van der Waals surface area contributed by atoms with Crippen LogP contribution in [-0.2, 0) is 5.60 Å². The molecular formula is C27H39N3O2. The summed E-state index contributed by atoms with van der Waals surface area (Å²) >= 11 is 0. The number of hydrogen-bond acceptors (Lipinski definition) is 5. The Labute approximate surface area is 193 Å². The van der Waals surface area contributed by atoms with Gasteiger partial charge in [0, 0.05) is 49.3 Å². The maximum absolute atomic E-state index is 12.4. The normalized spacial score (nSPS) is 23.3. The van der Waals surface area contributed by atoms with Crippen LogP contribution in [-0.4, -0.2) is 58.9 Å². The molecule has 2 aliphatic heterocycles. The van der Waals surface area contributed by atoms with Gasteiger partial charge >= 0.3 is 0 Å². The van der Waals surface area contributed by atoms with Crippen molar-refractivity contribution in [1.29, 1.82) is 0 Å². The molecule has 2 N–H and O–H groups in total. The Morgan fingerprint density at radius 3 is 2.25 bits per heavy atom. The number of aromatic nitrogens is 1. The van der Waals surface area contributed by atoms with Crippen molar-refractivity contribution in [1.82, 2.24) is 9.88 Å². The van der Waals surface area contributed by atoms with Gasteiger partial charge in [0.05, 0.1) is 17.5 Å². The predicted octanol–water partition coefficient (Wildman–Crippen LogP) is 3.99. The van der Waals surface area contributed by atoms with Crippen LogP contribution in [0.4, 0.5) is 5.69 Å². The molecule has 2 atom stereocenters. The third-order valence-electron chi connectivity index (χ3n) is 7.80. The highest BCUT2D eigenvalue weighted by molar-refractivity contribution is 5.51. The summed E-state index contributed by atoms with van der Waals surface area (Å²) in [7, 11) is 2.10. The van der Waals surface area contributed by atoms with Crippen LogP contribution in [0.15, 0.2) is 42.7 Å². The quantitative estimate of drug-likeness (QED) is 0.716. The number of pyridine rings is 1. The van der Waals surface area contributed by atoms with Gasteiger partial charge < -0.3 is 20.0 Å². The van der Waals surface area contributed by atoms with Gasteiger partial charge in [-0.15, -0.1) is 0 Å². The first kappa shape index (κ1) is 23.2. The Hall–Kier alpha value is -1.95. The van der Waals surface area contributed by atoms with Gasteiger partial charge in [-0.25, -0.2) is 0 Å². The zero-order valence-corrected chi connectivity index (χ0v) is 20.5. The summed E-state index contributed by atoms with van der Waals surface area (Å²) in [5.74, 6) is 0.679. The van der Waals surface area contributed by atoms with Crippen molar-refractivity contribution >= 4 is 5.69 Å². The minimum Gasteiger partial charge on any atom is -0.390 e. The minimum atomic E-state index is -1.13. The molecule has 5 nitrogen and oxygen atoms in total. The molecule has 0 bridgehead atoms. The van der Waals surface area contributed by atoms with Crippen LogP contribution in [0.2, 0.25) is 0 Å². The monoisotopic (exact) mass is 437 g/mol. The summed E-state index contributed by atoms with van der Waals surface area (Å²) in [5, 5.41) is 22.9. The zero-order chi connectivity index (χ0) is 23.3. The van der Waals surface area contributed by atoms with Gasteiger partial charge in [-0.3, -0.25) is 4.98 Å². The summed E-state index contributed by atoms with van der Waals surface area (Å²) in [6.45, 7) is 13.7.